The number of aliphatic carboxylic acids is 1. The van der Waals surface area contributed by atoms with Crippen LogP contribution >= 0.6 is 0 Å². The Morgan fingerprint density at radius 3 is 2.47 bits per heavy atom. The van der Waals surface area contributed by atoms with Crippen LogP contribution in [0.3, 0.4) is 0 Å². The van der Waals surface area contributed by atoms with Gasteiger partial charge in [0.1, 0.15) is 17.2 Å². The molecular weight excluding hydrogens is 382 g/mol. The molecule has 0 aliphatic rings. The van der Waals surface area contributed by atoms with Crippen molar-refractivity contribution in [1.29, 1.82) is 0 Å². The molecule has 1 heterocycles. The molecule has 0 fully saturated rings. The zero-order chi connectivity index (χ0) is 21.5. The predicted molar refractivity (Wildman–Crippen MR) is 116 cm³/mol. The molecule has 0 saturated heterocycles. The maximum absolute atomic E-state index is 12.7. The third kappa shape index (κ3) is 5.26. The molecule has 6 heteroatoms. The number of nitrogens with one attached hydrogen (secondary N) is 1. The number of para-hydroxylation sites is 1. The van der Waals surface area contributed by atoms with Crippen molar-refractivity contribution in [3.05, 3.63) is 48.0 Å². The van der Waals surface area contributed by atoms with Gasteiger partial charge in [-0.3, -0.25) is 9.59 Å². The van der Waals surface area contributed by atoms with Crippen LogP contribution in [0, 0.1) is 0 Å². The number of unbranched alkanes of at least 4 members (excludes halogenated alkanes) is 4. The molecule has 1 amide bonds. The van der Waals surface area contributed by atoms with Crippen LogP contribution in [0.1, 0.15) is 62.2 Å². The van der Waals surface area contributed by atoms with Gasteiger partial charge in [0.15, 0.2) is 5.78 Å². The van der Waals surface area contributed by atoms with E-state index in [-0.39, 0.29) is 24.5 Å². The first-order valence-corrected chi connectivity index (χ1v) is 10.5. The summed E-state index contributed by atoms with van der Waals surface area (Å²) in [6, 6.07) is 11.4. The molecule has 6 nitrogen and oxygen atoms in total. The van der Waals surface area contributed by atoms with Crippen molar-refractivity contribution in [3.8, 4) is 0 Å². The molecule has 2 N–H and O–H groups in total. The highest BCUT2D eigenvalue weighted by Crippen LogP contribution is 2.29. The van der Waals surface area contributed by atoms with Crippen LogP contribution in [0.25, 0.3) is 21.9 Å². The van der Waals surface area contributed by atoms with Crippen LogP contribution in [0.2, 0.25) is 0 Å². The van der Waals surface area contributed by atoms with E-state index in [9.17, 15) is 19.5 Å². The van der Waals surface area contributed by atoms with Gasteiger partial charge in [-0.25, -0.2) is 4.79 Å². The summed E-state index contributed by atoms with van der Waals surface area (Å²) in [5.41, 5.74) is 1.79. The van der Waals surface area contributed by atoms with Crippen LogP contribution < -0.4 is 5.32 Å². The fraction of sp³-hybridized carbons (Fsp3) is 0.375. The maximum Gasteiger partial charge on any atom is 0.326 e. The van der Waals surface area contributed by atoms with Gasteiger partial charge >= 0.3 is 5.97 Å². The van der Waals surface area contributed by atoms with Crippen LogP contribution in [0.4, 0.5) is 0 Å². The zero-order valence-corrected chi connectivity index (χ0v) is 17.1. The molecule has 0 aliphatic carbocycles. The highest BCUT2D eigenvalue weighted by atomic mass is 16.4. The number of ketones is 1. The second-order valence-electron chi connectivity index (χ2n) is 7.56. The van der Waals surface area contributed by atoms with E-state index in [1.807, 2.05) is 24.3 Å². The fourth-order valence-corrected chi connectivity index (χ4v) is 3.56. The van der Waals surface area contributed by atoms with Gasteiger partial charge in [0.25, 0.3) is 0 Å². The molecule has 1 atom stereocenters. The molecule has 3 aromatic rings. The number of hydrogen-bond donors (Lipinski definition) is 2. The number of fused-ring (bicyclic) bond motifs is 3. The third-order valence-corrected chi connectivity index (χ3v) is 5.23. The lowest BCUT2D eigenvalue weighted by Crippen LogP contribution is -2.42. The SMILES string of the molecule is CCCCCCCC(=O)N[C@@H](CC(=O)c1ccc2oc3ccccc3c2c1)C(=O)O. The van der Waals surface area contributed by atoms with Crippen molar-refractivity contribution in [2.45, 2.75) is 57.9 Å². The minimum Gasteiger partial charge on any atom is -0.480 e. The molecule has 2 aromatic carbocycles. The molecule has 0 saturated carbocycles. The summed E-state index contributed by atoms with van der Waals surface area (Å²) < 4.78 is 5.76. The number of hydrogen-bond acceptors (Lipinski definition) is 4. The monoisotopic (exact) mass is 409 g/mol. The Labute approximate surface area is 175 Å². The Bertz CT molecular complexity index is 1050. The van der Waals surface area contributed by atoms with Crippen molar-refractivity contribution in [1.82, 2.24) is 5.32 Å². The van der Waals surface area contributed by atoms with Crippen molar-refractivity contribution in [3.63, 3.8) is 0 Å². The summed E-state index contributed by atoms with van der Waals surface area (Å²) in [6.45, 7) is 2.12. The maximum atomic E-state index is 12.7. The molecule has 3 rings (SSSR count). The van der Waals surface area contributed by atoms with Crippen LogP contribution in [0.15, 0.2) is 46.9 Å². The van der Waals surface area contributed by atoms with E-state index in [4.69, 9.17) is 4.42 Å². The summed E-state index contributed by atoms with van der Waals surface area (Å²) in [7, 11) is 0. The summed E-state index contributed by atoms with van der Waals surface area (Å²) >= 11 is 0. The molecule has 0 bridgehead atoms. The van der Waals surface area contributed by atoms with Crippen molar-refractivity contribution in [2.75, 3.05) is 0 Å². The Morgan fingerprint density at radius 2 is 1.70 bits per heavy atom. The normalized spacial score (nSPS) is 12.2. The molecular formula is C24H27NO5. The molecule has 0 aliphatic heterocycles. The Balaban J connectivity index is 1.65. The molecule has 158 valence electrons. The summed E-state index contributed by atoms with van der Waals surface area (Å²) in [5, 5.41) is 13.7. The van der Waals surface area contributed by atoms with Crippen molar-refractivity contribution in [2.24, 2.45) is 0 Å². The minimum absolute atomic E-state index is 0.272. The molecule has 0 spiro atoms. The first-order chi connectivity index (χ1) is 14.5. The number of Topliss-reactive ketones (excluding diaryl/α,β-unsaturated/α-hetero) is 1. The molecule has 1 aromatic heterocycles. The average Bonchev–Trinajstić information content (AvgIpc) is 3.11. The Hall–Kier alpha value is -3.15. The van der Waals surface area contributed by atoms with Crippen LogP contribution in [-0.2, 0) is 9.59 Å². The summed E-state index contributed by atoms with van der Waals surface area (Å²) in [6.07, 6.45) is 4.95. The smallest absolute Gasteiger partial charge is 0.326 e. The van der Waals surface area contributed by atoms with Gasteiger partial charge in [-0.2, -0.15) is 0 Å². The first kappa shape index (κ1) is 21.6. The van der Waals surface area contributed by atoms with Gasteiger partial charge in [-0.05, 0) is 30.7 Å². The second kappa shape index (κ2) is 10.1. The van der Waals surface area contributed by atoms with Crippen LogP contribution in [0.5, 0.6) is 0 Å². The molecule has 30 heavy (non-hydrogen) atoms. The minimum atomic E-state index is -1.24. The topological polar surface area (TPSA) is 96.6 Å². The lowest BCUT2D eigenvalue weighted by Gasteiger charge is -2.14. The van der Waals surface area contributed by atoms with E-state index in [0.29, 0.717) is 11.1 Å². The lowest BCUT2D eigenvalue weighted by molar-refractivity contribution is -0.141. The number of benzene rings is 2. The highest BCUT2D eigenvalue weighted by Gasteiger charge is 2.24. The predicted octanol–water partition coefficient (Wildman–Crippen LogP) is 5.09. The first-order valence-electron chi connectivity index (χ1n) is 10.5. The Morgan fingerprint density at radius 1 is 0.967 bits per heavy atom. The average molecular weight is 409 g/mol. The largest absolute Gasteiger partial charge is 0.480 e. The molecule has 0 unspecified atom stereocenters. The van der Waals surface area contributed by atoms with Crippen molar-refractivity contribution >= 4 is 39.6 Å². The zero-order valence-electron chi connectivity index (χ0n) is 17.1. The fourth-order valence-electron chi connectivity index (χ4n) is 3.56. The summed E-state index contributed by atoms with van der Waals surface area (Å²) in [5.74, 6) is -1.88. The quantitative estimate of drug-likeness (QED) is 0.340. The van der Waals surface area contributed by atoms with Gasteiger partial charge < -0.3 is 14.8 Å². The van der Waals surface area contributed by atoms with Gasteiger partial charge in [0.2, 0.25) is 5.91 Å². The lowest BCUT2D eigenvalue weighted by atomic mass is 10.0. The number of amides is 1. The van der Waals surface area contributed by atoms with Crippen molar-refractivity contribution < 1.29 is 23.9 Å². The van der Waals surface area contributed by atoms with E-state index in [1.54, 1.807) is 18.2 Å². The standard InChI is InChI=1S/C24H27NO5/c1-2-3-4-5-6-11-23(27)25-19(24(28)29)15-20(26)16-12-13-22-18(14-16)17-9-7-8-10-21(17)30-22/h7-10,12-14,19H,2-6,11,15H2,1H3,(H,25,27)(H,28,29)/t19-/m0/s1. The Kier molecular flexibility index (Phi) is 7.22. The van der Waals surface area contributed by atoms with Gasteiger partial charge in [0, 0.05) is 29.2 Å². The number of carbonyl (C=O) groups excluding carboxylic acids is 2. The van der Waals surface area contributed by atoms with E-state index < -0.39 is 12.0 Å². The molecule has 0 radical (unpaired) electrons. The van der Waals surface area contributed by atoms with Gasteiger partial charge in [0.05, 0.1) is 0 Å². The number of carbonyl (C=O) groups is 3. The summed E-state index contributed by atoms with van der Waals surface area (Å²) in [4.78, 5) is 36.4. The second-order valence-corrected chi connectivity index (χ2v) is 7.56. The van der Waals surface area contributed by atoms with E-state index in [2.05, 4.69) is 12.2 Å². The number of rotatable bonds is 11. The van der Waals surface area contributed by atoms with Gasteiger partial charge in [-0.1, -0.05) is 50.8 Å². The number of furan rings is 1. The third-order valence-electron chi connectivity index (χ3n) is 5.23. The van der Waals surface area contributed by atoms with E-state index >= 15 is 0 Å². The number of carboxylic acid groups (broad SMARTS) is 1. The van der Waals surface area contributed by atoms with E-state index in [0.717, 1.165) is 48.5 Å². The number of carboxylic acids is 1. The highest BCUT2D eigenvalue weighted by molar-refractivity contribution is 6.09. The van der Waals surface area contributed by atoms with Gasteiger partial charge in [-0.15, -0.1) is 0 Å². The van der Waals surface area contributed by atoms with Crippen LogP contribution in [-0.4, -0.2) is 28.8 Å². The van der Waals surface area contributed by atoms with E-state index in [1.165, 1.54) is 0 Å².